The van der Waals surface area contributed by atoms with E-state index in [4.69, 9.17) is 4.74 Å². The number of ether oxygens (including phenoxy) is 1. The first-order valence-electron chi connectivity index (χ1n) is 6.09. The molecule has 0 aliphatic rings. The maximum Gasteiger partial charge on any atom is 0.135 e. The van der Waals surface area contributed by atoms with Crippen LogP contribution in [0.2, 0.25) is 0 Å². The quantitative estimate of drug-likeness (QED) is 0.750. The van der Waals surface area contributed by atoms with Gasteiger partial charge in [0.25, 0.3) is 0 Å². The SMILES string of the molecule is COc1cc(NC(C)c2cccc(O)c2)c(Br)cc1Br. The summed E-state index contributed by atoms with van der Waals surface area (Å²) in [7, 11) is 1.64. The van der Waals surface area contributed by atoms with Crippen molar-refractivity contribution in [2.24, 2.45) is 0 Å². The molecule has 2 aromatic rings. The Labute approximate surface area is 135 Å². The molecule has 0 aliphatic carbocycles. The summed E-state index contributed by atoms with van der Waals surface area (Å²) >= 11 is 6.97. The van der Waals surface area contributed by atoms with Crippen molar-refractivity contribution in [2.75, 3.05) is 12.4 Å². The van der Waals surface area contributed by atoms with Crippen LogP contribution in [0.25, 0.3) is 0 Å². The predicted octanol–water partition coefficient (Wildman–Crippen LogP) is 5.10. The Morgan fingerprint density at radius 2 is 1.90 bits per heavy atom. The predicted molar refractivity (Wildman–Crippen MR) is 88.5 cm³/mol. The van der Waals surface area contributed by atoms with Crippen molar-refractivity contribution in [3.63, 3.8) is 0 Å². The number of hydrogen-bond donors (Lipinski definition) is 2. The molecular weight excluding hydrogens is 386 g/mol. The molecule has 0 aromatic heterocycles. The van der Waals surface area contributed by atoms with Crippen LogP contribution in [0.5, 0.6) is 11.5 Å². The number of hydrogen-bond acceptors (Lipinski definition) is 3. The second kappa shape index (κ2) is 6.50. The number of aromatic hydroxyl groups is 1. The molecule has 1 atom stereocenters. The van der Waals surface area contributed by atoms with E-state index in [2.05, 4.69) is 37.2 Å². The zero-order valence-electron chi connectivity index (χ0n) is 11.2. The number of nitrogens with one attached hydrogen (secondary N) is 1. The van der Waals surface area contributed by atoms with E-state index >= 15 is 0 Å². The van der Waals surface area contributed by atoms with E-state index in [1.807, 2.05) is 31.2 Å². The van der Waals surface area contributed by atoms with E-state index in [0.717, 1.165) is 25.9 Å². The molecule has 106 valence electrons. The van der Waals surface area contributed by atoms with Gasteiger partial charge in [-0.1, -0.05) is 12.1 Å². The standard InChI is InChI=1S/C15H15Br2NO2/c1-9(10-4-3-5-11(19)6-10)18-14-8-15(20-2)13(17)7-12(14)16/h3-9,18-19H,1-2H3. The van der Waals surface area contributed by atoms with Crippen LogP contribution in [-0.2, 0) is 0 Å². The van der Waals surface area contributed by atoms with Crippen LogP contribution in [0.15, 0.2) is 45.3 Å². The second-order valence-electron chi connectivity index (χ2n) is 4.43. The van der Waals surface area contributed by atoms with Crippen LogP contribution >= 0.6 is 31.9 Å². The Kier molecular flexibility index (Phi) is 4.94. The van der Waals surface area contributed by atoms with Crippen LogP contribution in [0, 0.1) is 0 Å². The summed E-state index contributed by atoms with van der Waals surface area (Å²) < 4.78 is 7.13. The van der Waals surface area contributed by atoms with Crippen molar-refractivity contribution in [1.29, 1.82) is 0 Å². The minimum absolute atomic E-state index is 0.0595. The summed E-state index contributed by atoms with van der Waals surface area (Å²) in [6.07, 6.45) is 0. The van der Waals surface area contributed by atoms with Crippen molar-refractivity contribution in [1.82, 2.24) is 0 Å². The molecule has 0 aliphatic heterocycles. The first-order chi connectivity index (χ1) is 9.51. The van der Waals surface area contributed by atoms with Crippen LogP contribution in [0.3, 0.4) is 0 Å². The van der Waals surface area contributed by atoms with Crippen molar-refractivity contribution in [3.8, 4) is 11.5 Å². The van der Waals surface area contributed by atoms with Crippen LogP contribution < -0.4 is 10.1 Å². The minimum atomic E-state index is 0.0595. The molecule has 2 rings (SSSR count). The molecule has 0 fully saturated rings. The van der Waals surface area contributed by atoms with Crippen LogP contribution in [-0.4, -0.2) is 12.2 Å². The van der Waals surface area contributed by atoms with Gasteiger partial charge in [0.2, 0.25) is 0 Å². The van der Waals surface area contributed by atoms with E-state index < -0.39 is 0 Å². The Hall–Kier alpha value is -1.20. The fourth-order valence-corrected chi connectivity index (χ4v) is 3.18. The summed E-state index contributed by atoms with van der Waals surface area (Å²) in [5.74, 6) is 1.03. The van der Waals surface area contributed by atoms with Gasteiger partial charge in [0.15, 0.2) is 0 Å². The Morgan fingerprint density at radius 1 is 1.15 bits per heavy atom. The lowest BCUT2D eigenvalue weighted by Crippen LogP contribution is -2.07. The van der Waals surface area contributed by atoms with Gasteiger partial charge >= 0.3 is 0 Å². The largest absolute Gasteiger partial charge is 0.508 e. The van der Waals surface area contributed by atoms with Gasteiger partial charge in [-0.2, -0.15) is 0 Å². The van der Waals surface area contributed by atoms with Gasteiger partial charge in [0.1, 0.15) is 11.5 Å². The van der Waals surface area contributed by atoms with Crippen molar-refractivity contribution in [3.05, 3.63) is 50.9 Å². The first kappa shape index (κ1) is 15.2. The van der Waals surface area contributed by atoms with Gasteiger partial charge in [-0.3, -0.25) is 0 Å². The molecule has 2 N–H and O–H groups in total. The maximum absolute atomic E-state index is 9.54. The maximum atomic E-state index is 9.54. The molecular formula is C15H15Br2NO2. The highest BCUT2D eigenvalue weighted by Crippen LogP contribution is 2.36. The van der Waals surface area contributed by atoms with E-state index in [1.165, 1.54) is 0 Å². The van der Waals surface area contributed by atoms with Gasteiger partial charge < -0.3 is 15.2 Å². The Morgan fingerprint density at radius 3 is 2.55 bits per heavy atom. The highest BCUT2D eigenvalue weighted by Gasteiger charge is 2.11. The van der Waals surface area contributed by atoms with E-state index in [1.54, 1.807) is 19.2 Å². The van der Waals surface area contributed by atoms with E-state index in [-0.39, 0.29) is 11.8 Å². The average molecular weight is 401 g/mol. The Bertz CT molecular complexity index is 617. The molecule has 0 saturated carbocycles. The summed E-state index contributed by atoms with van der Waals surface area (Å²) in [5.41, 5.74) is 1.94. The summed E-state index contributed by atoms with van der Waals surface area (Å²) in [6.45, 7) is 2.04. The van der Waals surface area contributed by atoms with Gasteiger partial charge in [-0.15, -0.1) is 0 Å². The molecule has 0 spiro atoms. The zero-order valence-corrected chi connectivity index (χ0v) is 14.3. The lowest BCUT2D eigenvalue weighted by Gasteiger charge is -2.18. The molecule has 5 heteroatoms. The Balaban J connectivity index is 2.25. The molecule has 20 heavy (non-hydrogen) atoms. The van der Waals surface area contributed by atoms with Gasteiger partial charge in [0.05, 0.1) is 17.3 Å². The summed E-state index contributed by atoms with van der Waals surface area (Å²) in [6, 6.07) is 11.1. The first-order valence-corrected chi connectivity index (χ1v) is 7.68. The van der Waals surface area contributed by atoms with Gasteiger partial charge in [-0.25, -0.2) is 0 Å². The van der Waals surface area contributed by atoms with Crippen molar-refractivity contribution in [2.45, 2.75) is 13.0 Å². The molecule has 2 aromatic carbocycles. The number of benzene rings is 2. The van der Waals surface area contributed by atoms with Crippen molar-refractivity contribution < 1.29 is 9.84 Å². The smallest absolute Gasteiger partial charge is 0.135 e. The third kappa shape index (κ3) is 3.46. The number of anilines is 1. The minimum Gasteiger partial charge on any atom is -0.508 e. The lowest BCUT2D eigenvalue weighted by molar-refractivity contribution is 0.412. The molecule has 0 saturated heterocycles. The third-order valence-corrected chi connectivity index (χ3v) is 4.26. The van der Waals surface area contributed by atoms with Crippen LogP contribution in [0.1, 0.15) is 18.5 Å². The van der Waals surface area contributed by atoms with E-state index in [9.17, 15) is 5.11 Å². The monoisotopic (exact) mass is 399 g/mol. The van der Waals surface area contributed by atoms with Gasteiger partial charge in [0, 0.05) is 16.6 Å². The molecule has 0 radical (unpaired) electrons. The van der Waals surface area contributed by atoms with Gasteiger partial charge in [-0.05, 0) is 62.5 Å². The number of rotatable bonds is 4. The second-order valence-corrected chi connectivity index (χ2v) is 6.14. The van der Waals surface area contributed by atoms with Crippen LogP contribution in [0.4, 0.5) is 5.69 Å². The molecule has 0 heterocycles. The number of phenolic OH excluding ortho intramolecular Hbond substituents is 1. The zero-order chi connectivity index (χ0) is 14.7. The topological polar surface area (TPSA) is 41.5 Å². The highest BCUT2D eigenvalue weighted by atomic mass is 79.9. The van der Waals surface area contributed by atoms with Crippen molar-refractivity contribution >= 4 is 37.5 Å². The summed E-state index contributed by atoms with van der Waals surface area (Å²) in [5, 5.41) is 12.9. The fourth-order valence-electron chi connectivity index (χ4n) is 1.91. The number of methoxy groups -OCH3 is 1. The molecule has 3 nitrogen and oxygen atoms in total. The average Bonchev–Trinajstić information content (AvgIpc) is 2.41. The normalized spacial score (nSPS) is 12.0. The fraction of sp³-hybridized carbons (Fsp3) is 0.200. The van der Waals surface area contributed by atoms with E-state index in [0.29, 0.717) is 0 Å². The molecule has 0 amide bonds. The molecule has 0 bridgehead atoms. The number of halogens is 2. The summed E-state index contributed by atoms with van der Waals surface area (Å²) in [4.78, 5) is 0. The third-order valence-electron chi connectivity index (χ3n) is 2.98. The number of phenols is 1. The lowest BCUT2D eigenvalue weighted by atomic mass is 10.1. The molecule has 1 unspecified atom stereocenters. The highest BCUT2D eigenvalue weighted by molar-refractivity contribution is 9.11.